The van der Waals surface area contributed by atoms with Gasteiger partial charge in [-0.3, -0.25) is 9.59 Å². The predicted octanol–water partition coefficient (Wildman–Crippen LogP) is 4.03. The van der Waals surface area contributed by atoms with Gasteiger partial charge in [0.25, 0.3) is 5.91 Å². The lowest BCUT2D eigenvalue weighted by atomic mass is 9.66. The van der Waals surface area contributed by atoms with E-state index in [2.05, 4.69) is 10.3 Å². The zero-order valence-electron chi connectivity index (χ0n) is 20.5. The van der Waals surface area contributed by atoms with Gasteiger partial charge in [-0.05, 0) is 49.1 Å². The van der Waals surface area contributed by atoms with E-state index in [0.29, 0.717) is 36.7 Å². The first kappa shape index (κ1) is 26.0. The molecule has 1 fully saturated rings. The molecule has 2 N–H and O–H groups in total. The highest BCUT2D eigenvalue weighted by Gasteiger charge is 2.50. The summed E-state index contributed by atoms with van der Waals surface area (Å²) in [6.07, 6.45) is 1.94. The van der Waals surface area contributed by atoms with Gasteiger partial charge in [-0.15, -0.1) is 0 Å². The first-order chi connectivity index (χ1) is 16.0. The number of nitrogens with one attached hydrogen (secondary N) is 1. The van der Waals surface area contributed by atoms with E-state index in [9.17, 15) is 14.7 Å². The molecule has 7 nitrogen and oxygen atoms in total. The molecule has 1 saturated heterocycles. The van der Waals surface area contributed by atoms with E-state index < -0.39 is 23.0 Å². The number of rotatable bonds is 7. The van der Waals surface area contributed by atoms with Crippen LogP contribution in [0.15, 0.2) is 42.6 Å². The molecular weight excluding hydrogens is 454 g/mol. The van der Waals surface area contributed by atoms with Gasteiger partial charge in [-0.2, -0.15) is 0 Å². The van der Waals surface area contributed by atoms with E-state index in [4.69, 9.17) is 16.3 Å². The Labute approximate surface area is 206 Å². The fourth-order valence-electron chi connectivity index (χ4n) is 4.52. The summed E-state index contributed by atoms with van der Waals surface area (Å²) < 4.78 is 5.47. The highest BCUT2D eigenvalue weighted by atomic mass is 35.5. The molecule has 1 aliphatic rings. The lowest BCUT2D eigenvalue weighted by molar-refractivity contribution is -0.155. The Balaban J connectivity index is 1.78. The van der Waals surface area contributed by atoms with Crippen LogP contribution in [0.2, 0.25) is 5.02 Å². The summed E-state index contributed by atoms with van der Waals surface area (Å²) >= 11 is 6.03. The SMILES string of the molecule is CCOc1ncccc1C(=O)N[C@@H](C(=O)N1CC[C@](O)(c2ccc(Cl)cc2)C(C)(C)C1)C(C)C. The number of amides is 2. The maximum absolute atomic E-state index is 13.6. The molecule has 0 bridgehead atoms. The summed E-state index contributed by atoms with van der Waals surface area (Å²) in [5.74, 6) is -0.470. The van der Waals surface area contributed by atoms with E-state index in [-0.39, 0.29) is 17.7 Å². The topological polar surface area (TPSA) is 91.8 Å². The standard InChI is InChI=1S/C26H34ClN3O4/c1-6-34-23-20(8-7-14-28-23)22(31)29-21(17(2)3)24(32)30-15-13-26(33,25(4,5)16-30)18-9-11-19(27)12-10-18/h7-12,14,17,21,33H,6,13,15-16H2,1-5H3,(H,29,31)/t21-,26+/m1/s1. The second-order valence-corrected chi connectivity index (χ2v) is 10.2. The summed E-state index contributed by atoms with van der Waals surface area (Å²) in [7, 11) is 0. The molecule has 2 amide bonds. The van der Waals surface area contributed by atoms with Crippen molar-refractivity contribution >= 4 is 23.4 Å². The highest BCUT2D eigenvalue weighted by Crippen LogP contribution is 2.46. The van der Waals surface area contributed by atoms with Crippen molar-refractivity contribution in [1.29, 1.82) is 0 Å². The van der Waals surface area contributed by atoms with Crippen molar-refractivity contribution in [2.24, 2.45) is 11.3 Å². The minimum atomic E-state index is -1.10. The van der Waals surface area contributed by atoms with Gasteiger partial charge in [-0.1, -0.05) is 51.4 Å². The van der Waals surface area contributed by atoms with Crippen molar-refractivity contribution in [2.75, 3.05) is 19.7 Å². The minimum absolute atomic E-state index is 0.135. The van der Waals surface area contributed by atoms with Gasteiger partial charge in [0.05, 0.1) is 12.2 Å². The molecule has 0 aliphatic carbocycles. The van der Waals surface area contributed by atoms with Crippen LogP contribution in [0.3, 0.4) is 0 Å². The van der Waals surface area contributed by atoms with Gasteiger partial charge >= 0.3 is 0 Å². The molecule has 0 unspecified atom stereocenters. The number of halogens is 1. The fraction of sp³-hybridized carbons (Fsp3) is 0.500. The number of aliphatic hydroxyl groups is 1. The molecule has 0 radical (unpaired) electrons. The average molecular weight is 488 g/mol. The lowest BCUT2D eigenvalue weighted by Gasteiger charge is -2.51. The number of carbonyl (C=O) groups excluding carboxylic acids is 2. The molecule has 1 aromatic carbocycles. The first-order valence-electron chi connectivity index (χ1n) is 11.7. The average Bonchev–Trinajstić information content (AvgIpc) is 2.79. The summed E-state index contributed by atoms with van der Waals surface area (Å²) in [6, 6.07) is 9.77. The van der Waals surface area contributed by atoms with E-state index >= 15 is 0 Å². The van der Waals surface area contributed by atoms with Crippen molar-refractivity contribution in [3.05, 3.63) is 58.7 Å². The molecule has 34 heavy (non-hydrogen) atoms. The summed E-state index contributed by atoms with van der Waals surface area (Å²) in [4.78, 5) is 32.5. The number of hydrogen-bond donors (Lipinski definition) is 2. The molecular formula is C26H34ClN3O4. The number of pyridine rings is 1. The molecule has 2 atom stereocenters. The number of aromatic nitrogens is 1. The van der Waals surface area contributed by atoms with Crippen LogP contribution >= 0.6 is 11.6 Å². The van der Waals surface area contributed by atoms with Crippen LogP contribution in [0.5, 0.6) is 5.88 Å². The normalized spacial score (nSPS) is 20.6. The Hall–Kier alpha value is -2.64. The Bertz CT molecular complexity index is 1020. The molecule has 0 saturated carbocycles. The number of hydrogen-bond acceptors (Lipinski definition) is 5. The van der Waals surface area contributed by atoms with Crippen LogP contribution < -0.4 is 10.1 Å². The maximum atomic E-state index is 13.6. The maximum Gasteiger partial charge on any atom is 0.257 e. The van der Waals surface area contributed by atoms with Crippen LogP contribution in [0.1, 0.15) is 57.0 Å². The molecule has 1 aliphatic heterocycles. The Kier molecular flexibility index (Phi) is 7.88. The Morgan fingerprint density at radius 2 is 1.91 bits per heavy atom. The number of nitrogens with zero attached hydrogens (tertiary/aromatic N) is 2. The predicted molar refractivity (Wildman–Crippen MR) is 132 cm³/mol. The molecule has 2 aromatic rings. The molecule has 184 valence electrons. The molecule has 2 heterocycles. The largest absolute Gasteiger partial charge is 0.477 e. The minimum Gasteiger partial charge on any atom is -0.477 e. The van der Waals surface area contributed by atoms with Gasteiger partial charge in [0.1, 0.15) is 11.6 Å². The molecule has 8 heteroatoms. The number of benzene rings is 1. The smallest absolute Gasteiger partial charge is 0.257 e. The molecule has 3 rings (SSSR count). The second-order valence-electron chi connectivity index (χ2n) is 9.75. The highest BCUT2D eigenvalue weighted by molar-refractivity contribution is 6.30. The van der Waals surface area contributed by atoms with E-state index in [1.165, 1.54) is 0 Å². The second kappa shape index (κ2) is 10.3. The molecule has 0 spiro atoms. The quantitative estimate of drug-likeness (QED) is 0.615. The summed E-state index contributed by atoms with van der Waals surface area (Å²) in [6.45, 7) is 10.6. The third-order valence-corrected chi connectivity index (χ3v) is 6.85. The third-order valence-electron chi connectivity index (χ3n) is 6.60. The lowest BCUT2D eigenvalue weighted by Crippen LogP contribution is -2.60. The zero-order chi connectivity index (χ0) is 25.1. The van der Waals surface area contributed by atoms with Crippen LogP contribution in [-0.4, -0.2) is 52.5 Å². The van der Waals surface area contributed by atoms with E-state index in [0.717, 1.165) is 5.56 Å². The summed E-state index contributed by atoms with van der Waals surface area (Å²) in [5.41, 5.74) is -0.652. The summed E-state index contributed by atoms with van der Waals surface area (Å²) in [5, 5.41) is 15.1. The Morgan fingerprint density at radius 1 is 1.24 bits per heavy atom. The van der Waals surface area contributed by atoms with E-state index in [1.54, 1.807) is 35.4 Å². The van der Waals surface area contributed by atoms with E-state index in [1.807, 2.05) is 46.8 Å². The Morgan fingerprint density at radius 3 is 2.50 bits per heavy atom. The van der Waals surface area contributed by atoms with Crippen LogP contribution in [-0.2, 0) is 10.4 Å². The van der Waals surface area contributed by atoms with Crippen LogP contribution in [0, 0.1) is 11.3 Å². The number of carbonyl (C=O) groups is 2. The van der Waals surface area contributed by atoms with Crippen molar-refractivity contribution in [3.63, 3.8) is 0 Å². The third kappa shape index (κ3) is 5.20. The monoisotopic (exact) mass is 487 g/mol. The molecule has 1 aromatic heterocycles. The zero-order valence-corrected chi connectivity index (χ0v) is 21.2. The van der Waals surface area contributed by atoms with Crippen LogP contribution in [0.25, 0.3) is 0 Å². The van der Waals surface area contributed by atoms with Gasteiger partial charge in [0.2, 0.25) is 11.8 Å². The fourth-order valence-corrected chi connectivity index (χ4v) is 4.64. The van der Waals surface area contributed by atoms with Crippen molar-refractivity contribution in [3.8, 4) is 5.88 Å². The van der Waals surface area contributed by atoms with Crippen molar-refractivity contribution in [1.82, 2.24) is 15.2 Å². The van der Waals surface area contributed by atoms with Gasteiger partial charge in [0, 0.05) is 29.7 Å². The number of ether oxygens (including phenoxy) is 1. The van der Waals surface area contributed by atoms with Crippen molar-refractivity contribution < 1.29 is 19.4 Å². The van der Waals surface area contributed by atoms with Gasteiger partial charge in [0.15, 0.2) is 0 Å². The number of piperidine rings is 1. The first-order valence-corrected chi connectivity index (χ1v) is 12.0. The van der Waals surface area contributed by atoms with Gasteiger partial charge < -0.3 is 20.1 Å². The number of likely N-dealkylation sites (tertiary alicyclic amines) is 1. The van der Waals surface area contributed by atoms with Crippen LogP contribution in [0.4, 0.5) is 0 Å². The van der Waals surface area contributed by atoms with Gasteiger partial charge in [-0.25, -0.2) is 4.98 Å². The van der Waals surface area contributed by atoms with Crippen molar-refractivity contribution in [2.45, 2.75) is 52.7 Å².